The Kier molecular flexibility index (Phi) is 3.39. The molecule has 5 heteroatoms. The van der Waals surface area contributed by atoms with Crippen molar-refractivity contribution < 1.29 is 4.79 Å². The van der Waals surface area contributed by atoms with Crippen LogP contribution in [-0.4, -0.2) is 15.9 Å². The van der Waals surface area contributed by atoms with Crippen molar-refractivity contribution in [3.8, 4) is 0 Å². The molecule has 0 saturated heterocycles. The van der Waals surface area contributed by atoms with Crippen LogP contribution < -0.4 is 5.32 Å². The van der Waals surface area contributed by atoms with Gasteiger partial charge in [0.2, 0.25) is 11.9 Å². The lowest BCUT2D eigenvalue weighted by Gasteiger charge is -2.14. The molecule has 1 fully saturated rings. The van der Waals surface area contributed by atoms with Crippen molar-refractivity contribution in [3.05, 3.63) is 58.1 Å². The van der Waals surface area contributed by atoms with Crippen molar-refractivity contribution in [2.75, 3.05) is 5.32 Å². The molecule has 4 nitrogen and oxygen atoms in total. The number of hydrogen-bond acceptors (Lipinski definition) is 2. The van der Waals surface area contributed by atoms with Gasteiger partial charge in [0.25, 0.3) is 0 Å². The Morgan fingerprint density at radius 3 is 2.50 bits per heavy atom. The third-order valence-electron chi connectivity index (χ3n) is 4.91. The summed E-state index contributed by atoms with van der Waals surface area (Å²) in [5, 5.41) is 3.63. The molecule has 0 aliphatic heterocycles. The molecule has 1 aromatic heterocycles. The average molecular weight is 340 g/mol. The summed E-state index contributed by atoms with van der Waals surface area (Å²) in [5.41, 5.74) is 4.74. The number of carbonyl (C=O) groups is 1. The first-order chi connectivity index (χ1) is 11.5. The van der Waals surface area contributed by atoms with Crippen LogP contribution in [0, 0.1) is 13.8 Å². The number of aryl methyl sites for hydroxylation is 2. The molecule has 1 aliphatic rings. The van der Waals surface area contributed by atoms with Crippen molar-refractivity contribution in [1.29, 1.82) is 0 Å². The minimum absolute atomic E-state index is 0.0164. The second kappa shape index (κ2) is 5.35. The zero-order chi connectivity index (χ0) is 16.9. The maximum atomic E-state index is 12.8. The fraction of sp³-hybridized carbons (Fsp3) is 0.263. The number of halogens is 1. The van der Waals surface area contributed by atoms with Gasteiger partial charge in [-0.15, -0.1) is 0 Å². The highest BCUT2D eigenvalue weighted by atomic mass is 35.5. The van der Waals surface area contributed by atoms with Crippen LogP contribution in [0.4, 0.5) is 5.95 Å². The molecular weight excluding hydrogens is 322 g/mol. The van der Waals surface area contributed by atoms with E-state index in [1.165, 1.54) is 11.1 Å². The molecule has 2 N–H and O–H groups in total. The molecule has 1 saturated carbocycles. The van der Waals surface area contributed by atoms with Crippen molar-refractivity contribution >= 4 is 34.5 Å². The molecule has 1 aliphatic carbocycles. The van der Waals surface area contributed by atoms with Gasteiger partial charge in [-0.25, -0.2) is 4.98 Å². The van der Waals surface area contributed by atoms with Gasteiger partial charge in [-0.2, -0.15) is 0 Å². The topological polar surface area (TPSA) is 57.8 Å². The zero-order valence-electron chi connectivity index (χ0n) is 13.6. The monoisotopic (exact) mass is 339 g/mol. The Morgan fingerprint density at radius 2 is 1.83 bits per heavy atom. The third kappa shape index (κ3) is 2.47. The van der Waals surface area contributed by atoms with E-state index in [9.17, 15) is 4.79 Å². The Hall–Kier alpha value is -2.33. The van der Waals surface area contributed by atoms with Crippen LogP contribution in [0.1, 0.15) is 29.5 Å². The van der Waals surface area contributed by atoms with E-state index >= 15 is 0 Å². The maximum Gasteiger partial charge on any atom is 0.237 e. The number of anilines is 1. The van der Waals surface area contributed by atoms with Crippen molar-refractivity contribution in [2.24, 2.45) is 0 Å². The second-order valence-electron chi connectivity index (χ2n) is 6.58. The number of carbonyl (C=O) groups excluding carboxylic acids is 1. The van der Waals surface area contributed by atoms with Crippen molar-refractivity contribution in [3.63, 3.8) is 0 Å². The van der Waals surface area contributed by atoms with E-state index in [4.69, 9.17) is 11.6 Å². The molecule has 2 aromatic carbocycles. The average Bonchev–Trinajstić information content (AvgIpc) is 3.27. The van der Waals surface area contributed by atoms with Gasteiger partial charge < -0.3 is 4.98 Å². The highest BCUT2D eigenvalue weighted by Crippen LogP contribution is 2.49. The minimum atomic E-state index is -0.449. The molecule has 0 unspecified atom stereocenters. The van der Waals surface area contributed by atoms with Gasteiger partial charge in [0.15, 0.2) is 0 Å². The zero-order valence-corrected chi connectivity index (χ0v) is 14.4. The Balaban J connectivity index is 1.61. The van der Waals surface area contributed by atoms with E-state index in [1.54, 1.807) is 0 Å². The van der Waals surface area contributed by atoms with Crippen LogP contribution in [0.5, 0.6) is 0 Å². The molecule has 0 atom stereocenters. The summed E-state index contributed by atoms with van der Waals surface area (Å²) in [4.78, 5) is 20.5. The number of aromatic amines is 1. The van der Waals surface area contributed by atoms with Crippen LogP contribution in [0.2, 0.25) is 5.02 Å². The number of nitrogens with zero attached hydrogens (tertiary/aromatic N) is 1. The maximum absolute atomic E-state index is 12.8. The summed E-state index contributed by atoms with van der Waals surface area (Å²) in [6, 6.07) is 11.6. The van der Waals surface area contributed by atoms with E-state index in [-0.39, 0.29) is 5.91 Å². The van der Waals surface area contributed by atoms with Gasteiger partial charge in [-0.1, -0.05) is 23.7 Å². The number of rotatable bonds is 3. The van der Waals surface area contributed by atoms with E-state index < -0.39 is 5.41 Å². The van der Waals surface area contributed by atoms with E-state index in [2.05, 4.69) is 35.2 Å². The van der Waals surface area contributed by atoms with E-state index in [0.717, 1.165) is 29.4 Å². The summed E-state index contributed by atoms with van der Waals surface area (Å²) in [7, 11) is 0. The smallest absolute Gasteiger partial charge is 0.237 e. The number of hydrogen-bond donors (Lipinski definition) is 2. The molecule has 0 bridgehead atoms. The first kappa shape index (κ1) is 15.2. The van der Waals surface area contributed by atoms with Crippen LogP contribution in [0.25, 0.3) is 11.0 Å². The first-order valence-corrected chi connectivity index (χ1v) is 8.40. The minimum Gasteiger partial charge on any atom is -0.324 e. The molecule has 4 rings (SSSR count). The largest absolute Gasteiger partial charge is 0.324 e. The summed E-state index contributed by atoms with van der Waals surface area (Å²) in [6.45, 7) is 4.12. The van der Waals surface area contributed by atoms with Crippen molar-refractivity contribution in [1.82, 2.24) is 9.97 Å². The number of H-pyrrole nitrogens is 1. The van der Waals surface area contributed by atoms with Gasteiger partial charge in [0, 0.05) is 5.02 Å². The molecule has 0 spiro atoms. The van der Waals surface area contributed by atoms with Crippen LogP contribution in [-0.2, 0) is 10.2 Å². The number of nitrogens with one attached hydrogen (secondary N) is 2. The summed E-state index contributed by atoms with van der Waals surface area (Å²) < 4.78 is 0. The van der Waals surface area contributed by atoms with E-state index in [0.29, 0.717) is 11.0 Å². The molecule has 24 heavy (non-hydrogen) atoms. The summed E-state index contributed by atoms with van der Waals surface area (Å²) in [5.74, 6) is 0.484. The standard InChI is InChI=1S/C19H18ClN3O/c1-11-9-15-16(10-12(11)2)22-18(21-15)23-17(24)19(7-8-19)13-3-5-14(20)6-4-13/h3-6,9-10H,7-8H2,1-2H3,(H2,21,22,23,24). The lowest BCUT2D eigenvalue weighted by Crippen LogP contribution is -2.28. The quantitative estimate of drug-likeness (QED) is 0.738. The first-order valence-electron chi connectivity index (χ1n) is 8.02. The third-order valence-corrected chi connectivity index (χ3v) is 5.16. The fourth-order valence-electron chi connectivity index (χ4n) is 3.10. The van der Waals surface area contributed by atoms with Gasteiger partial charge in [-0.3, -0.25) is 10.1 Å². The fourth-order valence-corrected chi connectivity index (χ4v) is 3.22. The molecule has 0 radical (unpaired) electrons. The Morgan fingerprint density at radius 1 is 1.17 bits per heavy atom. The van der Waals surface area contributed by atoms with Crippen molar-refractivity contribution in [2.45, 2.75) is 32.1 Å². The Labute approximate surface area is 145 Å². The highest BCUT2D eigenvalue weighted by molar-refractivity contribution is 6.30. The number of fused-ring (bicyclic) bond motifs is 1. The van der Waals surface area contributed by atoms with E-state index in [1.807, 2.05) is 30.3 Å². The molecule has 122 valence electrons. The predicted molar refractivity (Wildman–Crippen MR) is 96.6 cm³/mol. The number of amides is 1. The second-order valence-corrected chi connectivity index (χ2v) is 7.02. The normalized spacial score (nSPS) is 15.5. The van der Waals surface area contributed by atoms with Gasteiger partial charge >= 0.3 is 0 Å². The number of imidazole rings is 1. The van der Waals surface area contributed by atoms with Crippen LogP contribution in [0.15, 0.2) is 36.4 Å². The predicted octanol–water partition coefficient (Wildman–Crippen LogP) is 4.50. The lowest BCUT2D eigenvalue weighted by atomic mass is 9.95. The molecular formula is C19H18ClN3O. The van der Waals surface area contributed by atoms with Gasteiger partial charge in [0.1, 0.15) is 0 Å². The highest BCUT2D eigenvalue weighted by Gasteiger charge is 2.51. The SMILES string of the molecule is Cc1cc2nc(NC(=O)C3(c4ccc(Cl)cc4)CC3)[nH]c2cc1C. The summed E-state index contributed by atoms with van der Waals surface area (Å²) >= 11 is 5.95. The lowest BCUT2D eigenvalue weighted by molar-refractivity contribution is -0.118. The molecule has 3 aromatic rings. The summed E-state index contributed by atoms with van der Waals surface area (Å²) in [6.07, 6.45) is 1.69. The van der Waals surface area contributed by atoms with Crippen LogP contribution >= 0.6 is 11.6 Å². The van der Waals surface area contributed by atoms with Gasteiger partial charge in [0.05, 0.1) is 16.4 Å². The number of benzene rings is 2. The Bertz CT molecular complexity index is 900. The molecule has 1 amide bonds. The van der Waals surface area contributed by atoms with Gasteiger partial charge in [-0.05, 0) is 67.6 Å². The van der Waals surface area contributed by atoms with Crippen LogP contribution in [0.3, 0.4) is 0 Å². The number of aromatic nitrogens is 2. The molecule has 1 heterocycles.